The molecule has 1 aliphatic heterocycles. The van der Waals surface area contributed by atoms with Gasteiger partial charge in [-0.15, -0.1) is 0 Å². The molecule has 0 bridgehead atoms. The number of methoxy groups -OCH3 is 1. The van der Waals surface area contributed by atoms with Gasteiger partial charge in [0.1, 0.15) is 5.75 Å². The molecule has 0 atom stereocenters. The number of ether oxygens (including phenoxy) is 2. The van der Waals surface area contributed by atoms with Crippen LogP contribution in [-0.2, 0) is 17.8 Å². The number of aromatic nitrogens is 1. The summed E-state index contributed by atoms with van der Waals surface area (Å²) in [5.74, 6) is 0.810. The van der Waals surface area contributed by atoms with Crippen LogP contribution in [0.1, 0.15) is 16.8 Å². The minimum Gasteiger partial charge on any atom is -0.497 e. The van der Waals surface area contributed by atoms with Crippen molar-refractivity contribution in [3.63, 3.8) is 0 Å². The third-order valence-corrected chi connectivity index (χ3v) is 3.45. The molecular formula is C14H16N2O2. The fourth-order valence-electron chi connectivity index (χ4n) is 2.45. The van der Waals surface area contributed by atoms with Gasteiger partial charge in [0, 0.05) is 23.1 Å². The van der Waals surface area contributed by atoms with Gasteiger partial charge in [0.15, 0.2) is 0 Å². The first-order valence-corrected chi connectivity index (χ1v) is 6.04. The molecule has 18 heavy (non-hydrogen) atoms. The molecule has 0 fully saturated rings. The van der Waals surface area contributed by atoms with E-state index < -0.39 is 0 Å². The summed E-state index contributed by atoms with van der Waals surface area (Å²) in [5.41, 5.74) is 11.2. The fraction of sp³-hybridized carbons (Fsp3) is 0.357. The van der Waals surface area contributed by atoms with E-state index in [-0.39, 0.29) is 0 Å². The molecular weight excluding hydrogens is 228 g/mol. The van der Waals surface area contributed by atoms with Crippen LogP contribution in [0.4, 0.5) is 5.69 Å². The Kier molecular flexibility index (Phi) is 2.59. The second kappa shape index (κ2) is 4.14. The number of nitrogen functional groups attached to an aromatic ring is 1. The second-order valence-electron chi connectivity index (χ2n) is 4.59. The van der Waals surface area contributed by atoms with Gasteiger partial charge in [0.05, 0.1) is 31.5 Å². The first-order chi connectivity index (χ1) is 8.70. The van der Waals surface area contributed by atoms with Crippen molar-refractivity contribution in [2.75, 3.05) is 19.5 Å². The van der Waals surface area contributed by atoms with Crippen LogP contribution < -0.4 is 10.5 Å². The molecule has 0 spiro atoms. The van der Waals surface area contributed by atoms with E-state index in [2.05, 4.69) is 0 Å². The lowest BCUT2D eigenvalue weighted by Crippen LogP contribution is -2.14. The van der Waals surface area contributed by atoms with E-state index in [1.54, 1.807) is 7.11 Å². The van der Waals surface area contributed by atoms with E-state index >= 15 is 0 Å². The Morgan fingerprint density at radius 3 is 3.00 bits per heavy atom. The molecule has 0 saturated carbocycles. The number of benzene rings is 1. The van der Waals surface area contributed by atoms with Crippen LogP contribution in [0.15, 0.2) is 12.1 Å². The number of hydrogen-bond donors (Lipinski definition) is 1. The lowest BCUT2D eigenvalue weighted by Gasteiger charge is -2.20. The Balaban J connectivity index is 2.35. The highest BCUT2D eigenvalue weighted by Crippen LogP contribution is 2.33. The lowest BCUT2D eigenvalue weighted by atomic mass is 10.0. The predicted molar refractivity (Wildman–Crippen MR) is 70.8 cm³/mol. The van der Waals surface area contributed by atoms with E-state index in [1.165, 1.54) is 0 Å². The van der Waals surface area contributed by atoms with Gasteiger partial charge in [-0.3, -0.25) is 4.98 Å². The first-order valence-electron chi connectivity index (χ1n) is 6.04. The summed E-state index contributed by atoms with van der Waals surface area (Å²) in [5, 5.41) is 0.955. The number of pyridine rings is 1. The van der Waals surface area contributed by atoms with Crippen LogP contribution in [0.25, 0.3) is 10.9 Å². The average Bonchev–Trinajstić information content (AvgIpc) is 2.40. The van der Waals surface area contributed by atoms with Crippen LogP contribution in [0.3, 0.4) is 0 Å². The summed E-state index contributed by atoms with van der Waals surface area (Å²) < 4.78 is 10.7. The minimum absolute atomic E-state index is 0.556. The molecule has 2 N–H and O–H groups in total. The highest BCUT2D eigenvalue weighted by Gasteiger charge is 2.18. The number of nitrogens with two attached hydrogens (primary N) is 1. The molecule has 2 heterocycles. The maximum absolute atomic E-state index is 6.26. The van der Waals surface area contributed by atoms with Crippen molar-refractivity contribution >= 4 is 16.6 Å². The summed E-state index contributed by atoms with van der Waals surface area (Å²) in [7, 11) is 1.66. The highest BCUT2D eigenvalue weighted by molar-refractivity contribution is 5.95. The van der Waals surface area contributed by atoms with Gasteiger partial charge in [-0.1, -0.05) is 0 Å². The van der Waals surface area contributed by atoms with Crippen LogP contribution in [0.2, 0.25) is 0 Å². The Morgan fingerprint density at radius 1 is 1.39 bits per heavy atom. The molecule has 3 rings (SSSR count). The molecule has 1 aromatic heterocycles. The van der Waals surface area contributed by atoms with Gasteiger partial charge in [-0.25, -0.2) is 0 Å². The van der Waals surface area contributed by atoms with Gasteiger partial charge < -0.3 is 15.2 Å². The van der Waals surface area contributed by atoms with Crippen molar-refractivity contribution in [1.29, 1.82) is 0 Å². The Morgan fingerprint density at radius 2 is 2.22 bits per heavy atom. The Labute approximate surface area is 106 Å². The molecule has 0 radical (unpaired) electrons. The average molecular weight is 244 g/mol. The maximum Gasteiger partial charge on any atom is 0.119 e. The van der Waals surface area contributed by atoms with Crippen LogP contribution in [-0.4, -0.2) is 18.7 Å². The molecule has 94 valence electrons. The summed E-state index contributed by atoms with van der Waals surface area (Å²) in [6, 6.07) is 3.93. The summed E-state index contributed by atoms with van der Waals surface area (Å²) in [4.78, 5) is 4.74. The standard InChI is InChI=1S/C14H16N2O2/c1-8-5-9(17-2)6-10-13(15)11-7-18-4-3-12(11)16-14(8)10/h5-6H,3-4,7H2,1-2H3,(H2,15,16). The number of fused-ring (bicyclic) bond motifs is 2. The molecule has 0 amide bonds. The van der Waals surface area contributed by atoms with Gasteiger partial charge in [-0.05, 0) is 24.6 Å². The molecule has 2 aromatic rings. The first kappa shape index (κ1) is 11.3. The van der Waals surface area contributed by atoms with Crippen molar-refractivity contribution in [2.24, 2.45) is 0 Å². The van der Waals surface area contributed by atoms with Crippen molar-refractivity contribution in [2.45, 2.75) is 20.0 Å². The largest absolute Gasteiger partial charge is 0.497 e. The van der Waals surface area contributed by atoms with E-state index in [0.717, 1.165) is 52.2 Å². The van der Waals surface area contributed by atoms with Crippen LogP contribution >= 0.6 is 0 Å². The molecule has 0 aliphatic carbocycles. The SMILES string of the molecule is COc1cc(C)c2nc3c(c(N)c2c1)COCC3. The van der Waals surface area contributed by atoms with Crippen LogP contribution in [0.5, 0.6) is 5.75 Å². The molecule has 4 heteroatoms. The molecule has 1 aliphatic rings. The third kappa shape index (κ3) is 1.61. The monoisotopic (exact) mass is 244 g/mol. The molecule has 0 unspecified atom stereocenters. The Hall–Kier alpha value is -1.81. The molecule has 4 nitrogen and oxygen atoms in total. The Bertz CT molecular complexity index is 623. The topological polar surface area (TPSA) is 57.4 Å². The number of rotatable bonds is 1. The van der Waals surface area contributed by atoms with Crippen molar-refractivity contribution in [1.82, 2.24) is 4.98 Å². The normalized spacial score (nSPS) is 14.6. The summed E-state index contributed by atoms with van der Waals surface area (Å²) in [6.07, 6.45) is 0.834. The maximum atomic E-state index is 6.26. The fourth-order valence-corrected chi connectivity index (χ4v) is 2.45. The number of anilines is 1. The van der Waals surface area contributed by atoms with E-state index in [0.29, 0.717) is 6.61 Å². The van der Waals surface area contributed by atoms with Crippen molar-refractivity contribution < 1.29 is 9.47 Å². The minimum atomic E-state index is 0.556. The smallest absolute Gasteiger partial charge is 0.119 e. The van der Waals surface area contributed by atoms with E-state index in [9.17, 15) is 0 Å². The predicted octanol–water partition coefficient (Wildman–Crippen LogP) is 2.21. The highest BCUT2D eigenvalue weighted by atomic mass is 16.5. The van der Waals surface area contributed by atoms with Gasteiger partial charge in [0.25, 0.3) is 0 Å². The van der Waals surface area contributed by atoms with Crippen molar-refractivity contribution in [3.8, 4) is 5.75 Å². The number of hydrogen-bond acceptors (Lipinski definition) is 4. The number of nitrogens with zero attached hydrogens (tertiary/aromatic N) is 1. The zero-order chi connectivity index (χ0) is 12.7. The van der Waals surface area contributed by atoms with E-state index in [1.807, 2.05) is 19.1 Å². The second-order valence-corrected chi connectivity index (χ2v) is 4.59. The van der Waals surface area contributed by atoms with Crippen LogP contribution in [0, 0.1) is 6.92 Å². The summed E-state index contributed by atoms with van der Waals surface area (Å²) >= 11 is 0. The quantitative estimate of drug-likeness (QED) is 0.835. The van der Waals surface area contributed by atoms with E-state index in [4.69, 9.17) is 20.2 Å². The van der Waals surface area contributed by atoms with Gasteiger partial charge in [0.2, 0.25) is 0 Å². The number of aryl methyl sites for hydroxylation is 1. The van der Waals surface area contributed by atoms with Crippen molar-refractivity contribution in [3.05, 3.63) is 29.0 Å². The molecule has 0 saturated heterocycles. The zero-order valence-electron chi connectivity index (χ0n) is 10.6. The molecule has 1 aromatic carbocycles. The third-order valence-electron chi connectivity index (χ3n) is 3.45. The zero-order valence-corrected chi connectivity index (χ0v) is 10.6. The van der Waals surface area contributed by atoms with Gasteiger partial charge in [-0.2, -0.15) is 0 Å². The summed E-state index contributed by atoms with van der Waals surface area (Å²) in [6.45, 7) is 3.31. The lowest BCUT2D eigenvalue weighted by molar-refractivity contribution is 0.110. The van der Waals surface area contributed by atoms with Gasteiger partial charge >= 0.3 is 0 Å².